The Bertz CT molecular complexity index is 444. The van der Waals surface area contributed by atoms with Crippen LogP contribution in [0.3, 0.4) is 0 Å². The van der Waals surface area contributed by atoms with Crippen molar-refractivity contribution >= 4 is 17.4 Å². The van der Waals surface area contributed by atoms with Crippen molar-refractivity contribution in [3.8, 4) is 0 Å². The van der Waals surface area contributed by atoms with Gasteiger partial charge in [-0.2, -0.15) is 13.2 Å². The molecule has 0 aliphatic carbocycles. The Morgan fingerprint density at radius 2 is 1.84 bits per heavy atom. The van der Waals surface area contributed by atoms with E-state index in [9.17, 15) is 13.2 Å². The van der Waals surface area contributed by atoms with Gasteiger partial charge in [-0.25, -0.2) is 9.97 Å². The third-order valence-corrected chi connectivity index (χ3v) is 3.27. The maximum atomic E-state index is 12.6. The average molecular weight is 295 g/mol. The molecule has 1 aromatic heterocycles. The monoisotopic (exact) mass is 294 g/mol. The van der Waals surface area contributed by atoms with Gasteiger partial charge in [0, 0.05) is 32.2 Å². The lowest BCUT2D eigenvalue weighted by molar-refractivity contribution is -0.144. The number of rotatable bonds is 2. The molecule has 0 N–H and O–H groups in total. The number of hydrogen-bond acceptors (Lipinski definition) is 4. The largest absolute Gasteiger partial charge is 0.451 e. The molecule has 0 aromatic carbocycles. The van der Waals surface area contributed by atoms with Crippen LogP contribution in [0.15, 0.2) is 6.07 Å². The summed E-state index contributed by atoms with van der Waals surface area (Å²) in [6, 6.07) is 1.37. The fourth-order valence-electron chi connectivity index (χ4n) is 1.99. The van der Waals surface area contributed by atoms with Gasteiger partial charge in [-0.1, -0.05) is 18.5 Å². The zero-order chi connectivity index (χ0) is 14.0. The van der Waals surface area contributed by atoms with Crippen molar-refractivity contribution < 1.29 is 13.2 Å². The molecule has 19 heavy (non-hydrogen) atoms. The van der Waals surface area contributed by atoms with Gasteiger partial charge in [-0.15, -0.1) is 0 Å². The first-order valence-electron chi connectivity index (χ1n) is 5.99. The van der Waals surface area contributed by atoms with Gasteiger partial charge in [0.05, 0.1) is 0 Å². The molecule has 106 valence electrons. The molecule has 0 bridgehead atoms. The number of halogens is 4. The molecule has 4 nitrogen and oxygen atoms in total. The first-order chi connectivity index (χ1) is 8.90. The predicted octanol–water partition coefficient (Wildman–Crippen LogP) is 2.29. The zero-order valence-electron chi connectivity index (χ0n) is 10.4. The number of hydrogen-bond donors (Lipinski definition) is 0. The van der Waals surface area contributed by atoms with E-state index in [4.69, 9.17) is 11.6 Å². The van der Waals surface area contributed by atoms with E-state index in [1.165, 1.54) is 6.07 Å². The van der Waals surface area contributed by atoms with Gasteiger partial charge < -0.3 is 9.80 Å². The second-order valence-corrected chi connectivity index (χ2v) is 4.68. The molecule has 0 spiro atoms. The Kier molecular flexibility index (Phi) is 4.15. The standard InChI is InChI=1S/C11H14ClF3N4/c1-2-18-3-5-19(6-4-18)9-7-8(12)16-10(17-9)11(13,14)15/h7H,2-6H2,1H3. The molecule has 0 radical (unpaired) electrons. The van der Waals surface area contributed by atoms with Crippen LogP contribution in [-0.2, 0) is 6.18 Å². The molecule has 8 heteroatoms. The summed E-state index contributed by atoms with van der Waals surface area (Å²) < 4.78 is 37.9. The van der Waals surface area contributed by atoms with Crippen LogP contribution in [0, 0.1) is 0 Å². The molecule has 0 amide bonds. The molecule has 2 heterocycles. The molecule has 1 aliphatic rings. The molecule has 1 fully saturated rings. The summed E-state index contributed by atoms with van der Waals surface area (Å²) in [4.78, 5) is 10.8. The van der Waals surface area contributed by atoms with Crippen molar-refractivity contribution in [3.05, 3.63) is 17.0 Å². The van der Waals surface area contributed by atoms with E-state index >= 15 is 0 Å². The molecular formula is C11H14ClF3N4. The third kappa shape index (κ3) is 3.48. The second-order valence-electron chi connectivity index (χ2n) is 4.29. The van der Waals surface area contributed by atoms with Crippen LogP contribution in [0.25, 0.3) is 0 Å². The van der Waals surface area contributed by atoms with Crippen molar-refractivity contribution in [2.24, 2.45) is 0 Å². The van der Waals surface area contributed by atoms with Crippen molar-refractivity contribution in [3.63, 3.8) is 0 Å². The van der Waals surface area contributed by atoms with Gasteiger partial charge in [0.2, 0.25) is 5.82 Å². The second kappa shape index (κ2) is 5.50. The Morgan fingerprint density at radius 1 is 1.21 bits per heavy atom. The van der Waals surface area contributed by atoms with Crippen LogP contribution in [0.4, 0.5) is 19.0 Å². The Labute approximate surface area is 114 Å². The first kappa shape index (κ1) is 14.3. The summed E-state index contributed by atoms with van der Waals surface area (Å²) in [7, 11) is 0. The smallest absolute Gasteiger partial charge is 0.354 e. The minimum Gasteiger partial charge on any atom is -0.354 e. The van der Waals surface area contributed by atoms with Crippen LogP contribution in [0.1, 0.15) is 12.7 Å². The van der Waals surface area contributed by atoms with Gasteiger partial charge >= 0.3 is 6.18 Å². The molecule has 0 atom stereocenters. The summed E-state index contributed by atoms with van der Waals surface area (Å²) in [6.45, 7) is 5.88. The van der Waals surface area contributed by atoms with Gasteiger partial charge in [0.15, 0.2) is 0 Å². The van der Waals surface area contributed by atoms with Gasteiger partial charge in [0.1, 0.15) is 11.0 Å². The highest BCUT2D eigenvalue weighted by Gasteiger charge is 2.36. The van der Waals surface area contributed by atoms with E-state index in [1.807, 2.05) is 0 Å². The van der Waals surface area contributed by atoms with Gasteiger partial charge in [-0.05, 0) is 6.54 Å². The van der Waals surface area contributed by atoms with E-state index < -0.39 is 12.0 Å². The van der Waals surface area contributed by atoms with Crippen molar-refractivity contribution in [2.75, 3.05) is 37.6 Å². The number of anilines is 1. The van der Waals surface area contributed by atoms with Crippen LogP contribution in [0.2, 0.25) is 5.15 Å². The summed E-state index contributed by atoms with van der Waals surface area (Å²) in [5.41, 5.74) is 0. The lowest BCUT2D eigenvalue weighted by Crippen LogP contribution is -2.46. The van der Waals surface area contributed by atoms with E-state index in [1.54, 1.807) is 4.90 Å². The summed E-state index contributed by atoms with van der Waals surface area (Å²) in [5, 5.41) is -0.185. The quantitative estimate of drug-likeness (QED) is 0.784. The molecule has 1 aliphatic heterocycles. The molecule has 2 rings (SSSR count). The highest BCUT2D eigenvalue weighted by atomic mass is 35.5. The zero-order valence-corrected chi connectivity index (χ0v) is 11.2. The van der Waals surface area contributed by atoms with E-state index in [2.05, 4.69) is 21.8 Å². The van der Waals surface area contributed by atoms with Gasteiger partial charge in [0.25, 0.3) is 0 Å². The SMILES string of the molecule is CCN1CCN(c2cc(Cl)nc(C(F)(F)F)n2)CC1. The Hall–Kier alpha value is -1.08. The third-order valence-electron chi connectivity index (χ3n) is 3.08. The molecule has 1 aromatic rings. The van der Waals surface area contributed by atoms with Crippen molar-refractivity contribution in [2.45, 2.75) is 13.1 Å². The van der Waals surface area contributed by atoms with Gasteiger partial charge in [-0.3, -0.25) is 0 Å². The maximum Gasteiger partial charge on any atom is 0.451 e. The molecule has 0 unspecified atom stereocenters. The fraction of sp³-hybridized carbons (Fsp3) is 0.636. The lowest BCUT2D eigenvalue weighted by Gasteiger charge is -2.34. The van der Waals surface area contributed by atoms with E-state index in [0.717, 1.165) is 19.6 Å². The minimum atomic E-state index is -4.58. The molecule has 1 saturated heterocycles. The lowest BCUT2D eigenvalue weighted by atomic mass is 10.3. The Morgan fingerprint density at radius 3 is 2.37 bits per heavy atom. The Balaban J connectivity index is 2.19. The normalized spacial score (nSPS) is 17.8. The fourth-order valence-corrected chi connectivity index (χ4v) is 2.17. The number of alkyl halides is 3. The first-order valence-corrected chi connectivity index (χ1v) is 6.37. The average Bonchev–Trinajstić information content (AvgIpc) is 2.37. The van der Waals surface area contributed by atoms with Crippen LogP contribution in [0.5, 0.6) is 0 Å². The summed E-state index contributed by atoms with van der Waals surface area (Å²) in [6.07, 6.45) is -4.58. The van der Waals surface area contributed by atoms with Crippen molar-refractivity contribution in [1.82, 2.24) is 14.9 Å². The number of likely N-dealkylation sites (N-methyl/N-ethyl adjacent to an activating group) is 1. The van der Waals surface area contributed by atoms with E-state index in [0.29, 0.717) is 13.1 Å². The predicted molar refractivity (Wildman–Crippen MR) is 66.4 cm³/mol. The molecule has 0 saturated carbocycles. The topological polar surface area (TPSA) is 32.3 Å². The minimum absolute atomic E-state index is 0.185. The van der Waals surface area contributed by atoms with E-state index in [-0.39, 0.29) is 11.0 Å². The highest BCUT2D eigenvalue weighted by molar-refractivity contribution is 6.29. The van der Waals surface area contributed by atoms with Crippen LogP contribution >= 0.6 is 11.6 Å². The number of nitrogens with zero attached hydrogens (tertiary/aromatic N) is 4. The number of aromatic nitrogens is 2. The van der Waals surface area contributed by atoms with Crippen LogP contribution < -0.4 is 4.90 Å². The summed E-state index contributed by atoms with van der Waals surface area (Å²) >= 11 is 5.64. The maximum absolute atomic E-state index is 12.6. The molecular weight excluding hydrogens is 281 g/mol. The van der Waals surface area contributed by atoms with Crippen molar-refractivity contribution in [1.29, 1.82) is 0 Å². The summed E-state index contributed by atoms with van der Waals surface area (Å²) in [5.74, 6) is -0.948. The highest BCUT2D eigenvalue weighted by Crippen LogP contribution is 2.29. The number of piperazine rings is 1. The van der Waals surface area contributed by atoms with Crippen LogP contribution in [-0.4, -0.2) is 47.6 Å².